The third-order valence-electron chi connectivity index (χ3n) is 14.2. The number of aliphatic carboxylic acids is 1. The normalized spacial score (nSPS) is 12.6. The lowest BCUT2D eigenvalue weighted by Gasteiger charge is -2.23. The molecule has 0 aromatic rings. The molecule has 2 atom stereocenters. The quantitative estimate of drug-likeness (QED) is 0.0452. The first-order valence-electron chi connectivity index (χ1n) is 28.8. The first kappa shape index (κ1) is 60.1. The number of carbonyl (C=O) groups excluding carboxylic acids is 2. The average Bonchev–Trinajstić information content (AvgIpc) is 3.26. The van der Waals surface area contributed by atoms with Gasteiger partial charge in [-0.2, -0.15) is 0 Å². The van der Waals surface area contributed by atoms with Crippen LogP contribution in [0.3, 0.4) is 0 Å². The Labute approximate surface area is 385 Å². The summed E-state index contributed by atoms with van der Waals surface area (Å²) in [5.41, 5.74) is 0. The van der Waals surface area contributed by atoms with Crippen LogP contribution in [0.15, 0.2) is 0 Å². The Morgan fingerprint density at radius 3 is 0.607 bits per heavy atom. The highest BCUT2D eigenvalue weighted by Crippen LogP contribution is 2.26. The Morgan fingerprint density at radius 1 is 0.262 bits per heavy atom. The van der Waals surface area contributed by atoms with E-state index in [9.17, 15) is 14.7 Å². The van der Waals surface area contributed by atoms with Gasteiger partial charge in [-0.15, -0.1) is 0 Å². The van der Waals surface area contributed by atoms with Crippen molar-refractivity contribution in [2.24, 2.45) is 11.8 Å². The smallest absolute Gasteiger partial charge is 0.144 e. The van der Waals surface area contributed by atoms with Crippen LogP contribution in [0, 0.1) is 11.8 Å². The number of hydrogen-bond acceptors (Lipinski definition) is 3. The number of carboxylic acid groups (broad SMARTS) is 1. The maximum absolute atomic E-state index is 13.8. The van der Waals surface area contributed by atoms with Crippen molar-refractivity contribution < 1.29 is 14.7 Å². The number of rotatable bonds is 54. The van der Waals surface area contributed by atoms with Gasteiger partial charge >= 0.3 is 0 Å². The third kappa shape index (κ3) is 45.5. The highest BCUT2D eigenvalue weighted by molar-refractivity contribution is 5.98. The minimum absolute atomic E-state index is 0.00203. The van der Waals surface area contributed by atoms with Gasteiger partial charge in [-0.3, -0.25) is 4.79 Å². The SMILES string of the molecule is CCCCCCCCCCCCCCCCCCCCCCC(CCCCCCCCCCCCCCCC)C(=O)C(CCCCCCCCCCCCCCCC)C(=O)[O-]. The summed E-state index contributed by atoms with van der Waals surface area (Å²) in [7, 11) is 0. The van der Waals surface area contributed by atoms with Crippen LogP contribution in [-0.4, -0.2) is 11.8 Å². The molecule has 0 amide bonds. The van der Waals surface area contributed by atoms with Gasteiger partial charge in [0.05, 0.1) is 11.9 Å². The van der Waals surface area contributed by atoms with Gasteiger partial charge in [-0.1, -0.05) is 329 Å². The van der Waals surface area contributed by atoms with Crippen LogP contribution >= 0.6 is 0 Å². The lowest BCUT2D eigenvalue weighted by atomic mass is 9.82. The van der Waals surface area contributed by atoms with Crippen LogP contribution < -0.4 is 5.11 Å². The number of hydrogen-bond donors (Lipinski definition) is 0. The van der Waals surface area contributed by atoms with Gasteiger partial charge in [0.25, 0.3) is 0 Å². The second-order valence-electron chi connectivity index (χ2n) is 20.2. The number of Topliss-reactive ketones (excluding diaryl/α,β-unsaturated/α-hetero) is 1. The van der Waals surface area contributed by atoms with Crippen molar-refractivity contribution in [3.8, 4) is 0 Å². The van der Waals surface area contributed by atoms with Crippen molar-refractivity contribution >= 4 is 11.8 Å². The van der Waals surface area contributed by atoms with E-state index in [0.29, 0.717) is 6.42 Å². The maximum Gasteiger partial charge on any atom is 0.144 e. The van der Waals surface area contributed by atoms with E-state index in [-0.39, 0.29) is 11.7 Å². The Kier molecular flexibility index (Phi) is 51.0. The molecule has 0 N–H and O–H groups in total. The zero-order chi connectivity index (χ0) is 44.4. The molecule has 61 heavy (non-hydrogen) atoms. The second kappa shape index (κ2) is 51.8. The van der Waals surface area contributed by atoms with Crippen LogP contribution in [0.25, 0.3) is 0 Å². The summed E-state index contributed by atoms with van der Waals surface area (Å²) in [4.78, 5) is 26.2. The summed E-state index contributed by atoms with van der Waals surface area (Å²) < 4.78 is 0. The molecule has 2 unspecified atom stereocenters. The molecule has 0 aromatic carbocycles. The minimum Gasteiger partial charge on any atom is -0.549 e. The van der Waals surface area contributed by atoms with Crippen LogP contribution in [0.4, 0.5) is 0 Å². The van der Waals surface area contributed by atoms with Gasteiger partial charge in [-0.05, 0) is 19.3 Å². The van der Waals surface area contributed by atoms with Crippen LogP contribution in [0.2, 0.25) is 0 Å². The molecule has 0 aliphatic heterocycles. The average molecular weight is 859 g/mol. The molecule has 3 nitrogen and oxygen atoms in total. The number of carbonyl (C=O) groups is 2. The largest absolute Gasteiger partial charge is 0.549 e. The molecule has 0 radical (unpaired) electrons. The predicted octanol–water partition coefficient (Wildman–Crippen LogP) is 19.5. The molecule has 0 bridgehead atoms. The van der Waals surface area contributed by atoms with Gasteiger partial charge in [0.15, 0.2) is 0 Å². The lowest BCUT2D eigenvalue weighted by Crippen LogP contribution is -2.39. The number of ketones is 1. The molecule has 0 heterocycles. The van der Waals surface area contributed by atoms with Crippen molar-refractivity contribution in [3.05, 3.63) is 0 Å². The van der Waals surface area contributed by atoms with Crippen LogP contribution in [0.1, 0.15) is 348 Å². The topological polar surface area (TPSA) is 57.2 Å². The summed E-state index contributed by atoms with van der Waals surface area (Å²) in [6, 6.07) is 0. The molecule has 0 rings (SSSR count). The van der Waals surface area contributed by atoms with Crippen molar-refractivity contribution in [1.29, 1.82) is 0 Å². The lowest BCUT2D eigenvalue weighted by molar-refractivity contribution is -0.310. The van der Waals surface area contributed by atoms with Gasteiger partial charge < -0.3 is 9.90 Å². The van der Waals surface area contributed by atoms with E-state index in [2.05, 4.69) is 20.8 Å². The van der Waals surface area contributed by atoms with Crippen molar-refractivity contribution in [1.82, 2.24) is 0 Å². The van der Waals surface area contributed by atoms with E-state index in [0.717, 1.165) is 44.9 Å². The Bertz CT molecular complexity index is 852. The highest BCUT2D eigenvalue weighted by atomic mass is 16.4. The monoisotopic (exact) mass is 858 g/mol. The van der Waals surface area contributed by atoms with Crippen molar-refractivity contribution in [2.45, 2.75) is 348 Å². The van der Waals surface area contributed by atoms with Gasteiger partial charge in [-0.25, -0.2) is 0 Å². The summed E-state index contributed by atoms with van der Waals surface area (Å²) in [5, 5.41) is 12.3. The van der Waals surface area contributed by atoms with E-state index in [1.165, 1.54) is 276 Å². The van der Waals surface area contributed by atoms with Gasteiger partial charge in [0, 0.05) is 5.92 Å². The Hall–Kier alpha value is -0.860. The number of unbranched alkanes of at least 4 members (excludes halogenated alkanes) is 45. The predicted molar refractivity (Wildman–Crippen MR) is 269 cm³/mol. The molecule has 0 saturated carbocycles. The second-order valence-corrected chi connectivity index (χ2v) is 20.2. The molecule has 0 aromatic heterocycles. The fraction of sp³-hybridized carbons (Fsp3) is 0.966. The van der Waals surface area contributed by atoms with Crippen molar-refractivity contribution in [3.63, 3.8) is 0 Å². The Morgan fingerprint density at radius 2 is 0.426 bits per heavy atom. The van der Waals surface area contributed by atoms with Crippen molar-refractivity contribution in [2.75, 3.05) is 0 Å². The van der Waals surface area contributed by atoms with E-state index < -0.39 is 11.9 Å². The van der Waals surface area contributed by atoms with Gasteiger partial charge in [0.2, 0.25) is 0 Å². The minimum atomic E-state index is -1.12. The zero-order valence-electron chi connectivity index (χ0n) is 42.4. The maximum atomic E-state index is 13.8. The molecule has 0 saturated heterocycles. The molecule has 364 valence electrons. The molecule has 0 fully saturated rings. The fourth-order valence-electron chi connectivity index (χ4n) is 9.86. The summed E-state index contributed by atoms with van der Waals surface area (Å²) in [6.07, 6.45) is 66.2. The van der Waals surface area contributed by atoms with E-state index in [1.807, 2.05) is 0 Å². The molecule has 3 heteroatoms. The standard InChI is InChI=1S/C58H114O3/c1-4-7-10-13-16-19-22-25-28-29-30-31-32-33-35-38-41-44-47-50-53-55(52-49-46-43-40-37-34-26-23-20-17-14-11-8-5-2)57(59)56(58(60)61)54-51-48-45-42-39-36-27-24-21-18-15-12-9-6-3/h55-56H,4-54H2,1-3H3,(H,60,61)/p-1. The molecular formula is C58H113O3-. The van der Waals surface area contributed by atoms with E-state index in [4.69, 9.17) is 0 Å². The van der Waals surface area contributed by atoms with Crippen LogP contribution in [-0.2, 0) is 9.59 Å². The Balaban J connectivity index is 4.38. The number of carboxylic acids is 1. The first-order chi connectivity index (χ1) is 30.1. The molecule has 0 aliphatic rings. The fourth-order valence-corrected chi connectivity index (χ4v) is 9.86. The summed E-state index contributed by atoms with van der Waals surface area (Å²) in [6.45, 7) is 6.87. The first-order valence-corrected chi connectivity index (χ1v) is 28.8. The van der Waals surface area contributed by atoms with E-state index >= 15 is 0 Å². The molecular weight excluding hydrogens is 745 g/mol. The van der Waals surface area contributed by atoms with E-state index in [1.54, 1.807) is 0 Å². The zero-order valence-corrected chi connectivity index (χ0v) is 42.4. The molecule has 0 spiro atoms. The van der Waals surface area contributed by atoms with Gasteiger partial charge in [0.1, 0.15) is 5.78 Å². The molecule has 0 aliphatic carbocycles. The van der Waals surface area contributed by atoms with Crippen LogP contribution in [0.5, 0.6) is 0 Å². The third-order valence-corrected chi connectivity index (χ3v) is 14.2. The summed E-state index contributed by atoms with van der Waals surface area (Å²) >= 11 is 0. The highest BCUT2D eigenvalue weighted by Gasteiger charge is 2.27. The summed E-state index contributed by atoms with van der Waals surface area (Å²) in [5.74, 6) is -2.11.